The van der Waals surface area contributed by atoms with Gasteiger partial charge in [0.25, 0.3) is 0 Å². The predicted molar refractivity (Wildman–Crippen MR) is 144 cm³/mol. The molecule has 0 aliphatic rings. The Hall–Kier alpha value is 0.380. The highest BCUT2D eigenvalue weighted by Crippen LogP contribution is 2.28. The van der Waals surface area contributed by atoms with Gasteiger partial charge in [-0.05, 0) is 0 Å². The lowest BCUT2D eigenvalue weighted by molar-refractivity contribution is -0.103. The Balaban J connectivity index is -0.0000000884. The molecule has 0 atom stereocenters. The Labute approximate surface area is 262 Å². The molecule has 0 spiro atoms. The summed E-state index contributed by atoms with van der Waals surface area (Å²) in [6.45, 7) is -3.01. The summed E-state index contributed by atoms with van der Waals surface area (Å²) in [5.74, 6) is 0. The molecule has 296 valence electrons. The zero-order valence-corrected chi connectivity index (χ0v) is 28.3. The molecule has 0 aliphatic heterocycles. The van der Waals surface area contributed by atoms with Crippen molar-refractivity contribution < 1.29 is 151 Å². The Morgan fingerprint density at radius 3 is 0.447 bits per heavy atom. The second-order valence-corrected chi connectivity index (χ2v) is 13.7. The van der Waals surface area contributed by atoms with Crippen molar-refractivity contribution in [3.63, 3.8) is 0 Å². The number of rotatable bonds is 10. The molecule has 0 bridgehead atoms. The van der Waals surface area contributed by atoms with E-state index in [-0.39, 0.29) is 13.2 Å². The minimum Gasteiger partial charge on any atom is -0.396 e. The summed E-state index contributed by atoms with van der Waals surface area (Å²) in [4.78, 5) is 129. The number of hydrogen-bond acceptors (Lipinski definition) is 13. The molecule has 0 aromatic rings. The SMILES string of the molecule is O=P(O)(O)O.O=P(O)(O)O.O=P(O)(O)O.O=P(O)(O)O.O=P(O)(O)O.O=P(O)(O)O.OCC(CO)(CO)COCC(CO)(CO)CO. The van der Waals surface area contributed by atoms with Crippen LogP contribution in [0.25, 0.3) is 0 Å². The van der Waals surface area contributed by atoms with E-state index in [1.54, 1.807) is 0 Å². The Morgan fingerprint density at radius 2 is 0.383 bits per heavy atom. The first kappa shape index (κ1) is 62.5. The van der Waals surface area contributed by atoms with Gasteiger partial charge in [0, 0.05) is 0 Å². The molecular formula is C10H40O31P6. The highest BCUT2D eigenvalue weighted by molar-refractivity contribution is 7.46. The normalized spacial score (nSPS) is 12.3. The highest BCUT2D eigenvalue weighted by atomic mass is 31.2. The first-order valence-corrected chi connectivity index (χ1v) is 19.4. The lowest BCUT2D eigenvalue weighted by Crippen LogP contribution is -2.43. The average Bonchev–Trinajstić information content (AvgIpc) is 2.74. The molecule has 0 heterocycles. The molecule has 24 N–H and O–H groups in total. The zero-order chi connectivity index (χ0) is 40.4. The molecule has 0 unspecified atom stereocenters. The summed E-state index contributed by atoms with van der Waals surface area (Å²) < 4.78 is 58.4. The monoisotopic (exact) mass is 842 g/mol. The maximum Gasteiger partial charge on any atom is 0.466 e. The molecule has 0 saturated carbocycles. The van der Waals surface area contributed by atoms with Gasteiger partial charge in [0.2, 0.25) is 0 Å². The van der Waals surface area contributed by atoms with E-state index in [9.17, 15) is 0 Å². The summed E-state index contributed by atoms with van der Waals surface area (Å²) >= 11 is 0. The molecule has 0 rings (SSSR count). The second-order valence-electron chi connectivity index (χ2n) is 7.52. The van der Waals surface area contributed by atoms with Crippen LogP contribution in [0.4, 0.5) is 0 Å². The number of ether oxygens (including phenoxy) is 1. The van der Waals surface area contributed by atoms with Gasteiger partial charge in [0.05, 0.1) is 63.7 Å². The highest BCUT2D eigenvalue weighted by Gasteiger charge is 2.32. The third-order valence-electron chi connectivity index (χ3n) is 2.83. The van der Waals surface area contributed by atoms with Gasteiger partial charge in [-0.3, -0.25) is 0 Å². The molecular weight excluding hydrogens is 802 g/mol. The van der Waals surface area contributed by atoms with Gasteiger partial charge in [-0.1, -0.05) is 0 Å². The maximum absolute atomic E-state index is 9.03. The van der Waals surface area contributed by atoms with E-state index in [1.807, 2.05) is 0 Å². The molecule has 0 aromatic heterocycles. The average molecular weight is 842 g/mol. The van der Waals surface area contributed by atoms with Crippen LogP contribution in [-0.2, 0) is 32.1 Å². The number of hydrogen-bond donors (Lipinski definition) is 24. The van der Waals surface area contributed by atoms with Crippen LogP contribution in [-0.4, -0.2) is 172 Å². The van der Waals surface area contributed by atoms with Crippen LogP contribution in [0.5, 0.6) is 0 Å². The fourth-order valence-electron chi connectivity index (χ4n) is 1.06. The van der Waals surface area contributed by atoms with E-state index >= 15 is 0 Å². The summed E-state index contributed by atoms with van der Waals surface area (Å²) in [7, 11) is -27.8. The second kappa shape index (κ2) is 29.0. The minimum absolute atomic E-state index is 0.141. The van der Waals surface area contributed by atoms with Crippen molar-refractivity contribution in [3.8, 4) is 0 Å². The van der Waals surface area contributed by atoms with E-state index < -0.39 is 97.4 Å². The fraction of sp³-hybridized carbons (Fsp3) is 1.00. The fourth-order valence-corrected chi connectivity index (χ4v) is 1.06. The summed E-state index contributed by atoms with van der Waals surface area (Å²) in [6.07, 6.45) is 0. The van der Waals surface area contributed by atoms with Crippen molar-refractivity contribution in [1.82, 2.24) is 0 Å². The first-order valence-electron chi connectivity index (χ1n) is 10.00. The van der Waals surface area contributed by atoms with Gasteiger partial charge in [-0.2, -0.15) is 0 Å². The summed E-state index contributed by atoms with van der Waals surface area (Å²) in [6, 6.07) is 0. The molecule has 0 amide bonds. The van der Waals surface area contributed by atoms with Gasteiger partial charge in [-0.25, -0.2) is 27.4 Å². The number of aliphatic hydroxyl groups is 6. The predicted octanol–water partition coefficient (Wildman–Crippen LogP) is -8.64. The van der Waals surface area contributed by atoms with E-state index in [0.29, 0.717) is 0 Å². The Bertz CT molecular complexity index is 761. The van der Waals surface area contributed by atoms with Crippen LogP contribution in [0.2, 0.25) is 0 Å². The van der Waals surface area contributed by atoms with Crippen LogP contribution in [0.15, 0.2) is 0 Å². The molecule has 0 fully saturated rings. The van der Waals surface area contributed by atoms with E-state index in [1.165, 1.54) is 0 Å². The van der Waals surface area contributed by atoms with Gasteiger partial charge in [0.1, 0.15) is 0 Å². The summed E-state index contributed by atoms with van der Waals surface area (Å²) in [5, 5.41) is 54.2. The van der Waals surface area contributed by atoms with Crippen LogP contribution in [0.1, 0.15) is 0 Å². The molecule has 0 radical (unpaired) electrons. The van der Waals surface area contributed by atoms with Crippen molar-refractivity contribution in [3.05, 3.63) is 0 Å². The van der Waals surface area contributed by atoms with Gasteiger partial charge in [-0.15, -0.1) is 0 Å². The lowest BCUT2D eigenvalue weighted by Gasteiger charge is -2.31. The van der Waals surface area contributed by atoms with Crippen molar-refractivity contribution in [1.29, 1.82) is 0 Å². The van der Waals surface area contributed by atoms with Crippen molar-refractivity contribution in [2.75, 3.05) is 52.9 Å². The van der Waals surface area contributed by atoms with E-state index in [0.717, 1.165) is 0 Å². The number of aliphatic hydroxyl groups excluding tert-OH is 6. The Morgan fingerprint density at radius 1 is 0.298 bits per heavy atom. The maximum atomic E-state index is 9.03. The Kier molecular flexibility index (Phi) is 38.6. The largest absolute Gasteiger partial charge is 0.466 e. The lowest BCUT2D eigenvalue weighted by atomic mass is 9.91. The number of phosphoric acid groups is 6. The van der Waals surface area contributed by atoms with Crippen molar-refractivity contribution in [2.24, 2.45) is 10.8 Å². The topological polar surface area (TPSA) is 597 Å². The molecule has 0 aromatic carbocycles. The third-order valence-corrected chi connectivity index (χ3v) is 2.83. The van der Waals surface area contributed by atoms with Crippen molar-refractivity contribution in [2.45, 2.75) is 0 Å². The van der Waals surface area contributed by atoms with E-state index in [4.69, 9.17) is 151 Å². The van der Waals surface area contributed by atoms with Gasteiger partial charge in [0.15, 0.2) is 0 Å². The zero-order valence-electron chi connectivity index (χ0n) is 22.9. The van der Waals surface area contributed by atoms with Gasteiger partial charge >= 0.3 is 46.9 Å². The molecule has 37 heteroatoms. The third kappa shape index (κ3) is 131. The minimum atomic E-state index is -4.64. The quantitative estimate of drug-likeness (QED) is 0.0908. The molecule has 31 nitrogen and oxygen atoms in total. The molecule has 0 aliphatic carbocycles. The van der Waals surface area contributed by atoms with Crippen LogP contribution in [0.3, 0.4) is 0 Å². The van der Waals surface area contributed by atoms with Crippen LogP contribution < -0.4 is 0 Å². The first-order chi connectivity index (χ1) is 20.1. The standard InChI is InChI=1S/C10H22O7.6H3O4P/c11-1-9(2-12,3-13)7-17-8-10(4-14,5-15)6-16;6*1-5(2,3)4/h11-16H,1-8H2;6*(H3,1,2,3,4). The molecule has 0 saturated heterocycles. The van der Waals surface area contributed by atoms with E-state index in [2.05, 4.69) is 0 Å². The van der Waals surface area contributed by atoms with Gasteiger partial charge < -0.3 is 123 Å². The molecule has 47 heavy (non-hydrogen) atoms. The summed E-state index contributed by atoms with van der Waals surface area (Å²) in [5.41, 5.74) is -2.32. The van der Waals surface area contributed by atoms with Crippen LogP contribution in [0, 0.1) is 10.8 Å². The van der Waals surface area contributed by atoms with Crippen LogP contribution >= 0.6 is 46.9 Å². The smallest absolute Gasteiger partial charge is 0.396 e. The van der Waals surface area contributed by atoms with Crippen molar-refractivity contribution >= 4 is 46.9 Å².